The Hall–Kier alpha value is -2.87. The van der Waals surface area contributed by atoms with Crippen molar-refractivity contribution in [2.45, 2.75) is 31.6 Å². The van der Waals surface area contributed by atoms with E-state index in [0.29, 0.717) is 29.8 Å². The van der Waals surface area contributed by atoms with Gasteiger partial charge in [0.05, 0.1) is 4.90 Å². The Balaban J connectivity index is 1.87. The molecule has 0 saturated heterocycles. The fraction of sp³-hybridized carbons (Fsp3) is 0.263. The molecule has 2 aromatic carbocycles. The first-order valence-corrected chi connectivity index (χ1v) is 9.96. The van der Waals surface area contributed by atoms with Gasteiger partial charge in [-0.1, -0.05) is 0 Å². The number of hydrogen-bond acceptors (Lipinski definition) is 4. The maximum Gasteiger partial charge on any atom is 0.262 e. The Bertz CT molecular complexity index is 1030. The molecule has 0 aliphatic carbocycles. The highest BCUT2D eigenvalue weighted by molar-refractivity contribution is 7.92. The normalized spacial score (nSPS) is 13.9. The van der Waals surface area contributed by atoms with Crippen LogP contribution in [0.1, 0.15) is 24.5 Å². The SMILES string of the molecule is CC(=O)Nc1ccc(S(=O)(=O)Nc2ccc3c(c2)CCC(=O)N3C)c(C)c1. The minimum Gasteiger partial charge on any atom is -0.326 e. The summed E-state index contributed by atoms with van der Waals surface area (Å²) in [5.41, 5.74) is 3.24. The van der Waals surface area contributed by atoms with Crippen molar-refractivity contribution in [1.29, 1.82) is 0 Å². The van der Waals surface area contributed by atoms with E-state index in [1.165, 1.54) is 13.0 Å². The van der Waals surface area contributed by atoms with Crippen molar-refractivity contribution in [2.75, 3.05) is 22.0 Å². The number of carbonyl (C=O) groups is 2. The second-order valence-corrected chi connectivity index (χ2v) is 8.21. The lowest BCUT2D eigenvalue weighted by atomic mass is 10.0. The molecule has 1 heterocycles. The van der Waals surface area contributed by atoms with Gasteiger partial charge in [-0.15, -0.1) is 0 Å². The van der Waals surface area contributed by atoms with Crippen molar-refractivity contribution < 1.29 is 18.0 Å². The van der Waals surface area contributed by atoms with Crippen LogP contribution in [0.5, 0.6) is 0 Å². The molecule has 3 rings (SSSR count). The van der Waals surface area contributed by atoms with Crippen molar-refractivity contribution in [3.05, 3.63) is 47.5 Å². The molecule has 0 aromatic heterocycles. The molecule has 7 nitrogen and oxygen atoms in total. The zero-order chi connectivity index (χ0) is 19.8. The van der Waals surface area contributed by atoms with E-state index in [1.54, 1.807) is 49.2 Å². The number of sulfonamides is 1. The quantitative estimate of drug-likeness (QED) is 0.843. The van der Waals surface area contributed by atoms with Gasteiger partial charge in [0.1, 0.15) is 0 Å². The monoisotopic (exact) mass is 387 g/mol. The number of fused-ring (bicyclic) bond motifs is 1. The van der Waals surface area contributed by atoms with Crippen LogP contribution < -0.4 is 14.9 Å². The number of nitrogens with zero attached hydrogens (tertiary/aromatic N) is 1. The van der Waals surface area contributed by atoms with Gasteiger partial charge in [-0.2, -0.15) is 0 Å². The molecule has 2 N–H and O–H groups in total. The first-order valence-electron chi connectivity index (χ1n) is 8.48. The fourth-order valence-electron chi connectivity index (χ4n) is 3.16. The van der Waals surface area contributed by atoms with E-state index in [9.17, 15) is 18.0 Å². The molecule has 1 aliphatic rings. The maximum atomic E-state index is 12.8. The molecule has 0 atom stereocenters. The van der Waals surface area contributed by atoms with E-state index in [4.69, 9.17) is 0 Å². The second-order valence-electron chi connectivity index (χ2n) is 6.56. The lowest BCUT2D eigenvalue weighted by Gasteiger charge is -2.26. The maximum absolute atomic E-state index is 12.8. The number of rotatable bonds is 4. The predicted octanol–water partition coefficient (Wildman–Crippen LogP) is 2.66. The molecule has 142 valence electrons. The molecule has 0 spiro atoms. The Kier molecular flexibility index (Phi) is 4.93. The molecule has 0 bridgehead atoms. The average molecular weight is 387 g/mol. The molecule has 0 radical (unpaired) electrons. The van der Waals surface area contributed by atoms with Gasteiger partial charge < -0.3 is 10.2 Å². The number of hydrogen-bond donors (Lipinski definition) is 2. The van der Waals surface area contributed by atoms with E-state index >= 15 is 0 Å². The Morgan fingerprint density at radius 1 is 1.07 bits per heavy atom. The Labute approximate surface area is 158 Å². The van der Waals surface area contributed by atoms with E-state index in [2.05, 4.69) is 10.0 Å². The van der Waals surface area contributed by atoms with Crippen LogP contribution in [0.15, 0.2) is 41.3 Å². The highest BCUT2D eigenvalue weighted by Crippen LogP contribution is 2.30. The number of carbonyl (C=O) groups excluding carboxylic acids is 2. The number of nitrogens with one attached hydrogen (secondary N) is 2. The van der Waals surface area contributed by atoms with E-state index < -0.39 is 10.0 Å². The third-order valence-electron chi connectivity index (χ3n) is 4.46. The lowest BCUT2D eigenvalue weighted by molar-refractivity contribution is -0.118. The molecule has 27 heavy (non-hydrogen) atoms. The summed E-state index contributed by atoms with van der Waals surface area (Å²) in [6, 6.07) is 9.79. The zero-order valence-corrected chi connectivity index (χ0v) is 16.2. The predicted molar refractivity (Wildman–Crippen MR) is 104 cm³/mol. The molecule has 1 aliphatic heterocycles. The van der Waals surface area contributed by atoms with E-state index in [0.717, 1.165) is 11.3 Å². The smallest absolute Gasteiger partial charge is 0.262 e. The molecule has 0 unspecified atom stereocenters. The third-order valence-corrected chi connectivity index (χ3v) is 6.00. The summed E-state index contributed by atoms with van der Waals surface area (Å²) >= 11 is 0. The van der Waals surface area contributed by atoms with Gasteiger partial charge in [-0.05, 0) is 60.9 Å². The zero-order valence-electron chi connectivity index (χ0n) is 15.4. The fourth-order valence-corrected chi connectivity index (χ4v) is 4.44. The first kappa shape index (κ1) is 18.9. The Morgan fingerprint density at radius 3 is 2.44 bits per heavy atom. The van der Waals surface area contributed by atoms with Crippen LogP contribution in [0.3, 0.4) is 0 Å². The van der Waals surface area contributed by atoms with Gasteiger partial charge in [0, 0.05) is 37.5 Å². The van der Waals surface area contributed by atoms with Gasteiger partial charge in [0.2, 0.25) is 11.8 Å². The summed E-state index contributed by atoms with van der Waals surface area (Å²) in [4.78, 5) is 24.6. The largest absolute Gasteiger partial charge is 0.326 e. The summed E-state index contributed by atoms with van der Waals surface area (Å²) in [6.07, 6.45) is 0.988. The summed E-state index contributed by atoms with van der Waals surface area (Å²) in [5, 5.41) is 2.63. The van der Waals surface area contributed by atoms with Crippen LogP contribution in [0.25, 0.3) is 0 Å². The van der Waals surface area contributed by atoms with Crippen LogP contribution in [0.2, 0.25) is 0 Å². The van der Waals surface area contributed by atoms with Gasteiger partial charge >= 0.3 is 0 Å². The van der Waals surface area contributed by atoms with Gasteiger partial charge in [0.25, 0.3) is 10.0 Å². The number of anilines is 3. The molecule has 0 saturated carbocycles. The number of benzene rings is 2. The van der Waals surface area contributed by atoms with Gasteiger partial charge in [0.15, 0.2) is 0 Å². The molecular formula is C19H21N3O4S. The summed E-state index contributed by atoms with van der Waals surface area (Å²) in [6.45, 7) is 3.07. The van der Waals surface area contributed by atoms with Crippen molar-refractivity contribution in [1.82, 2.24) is 0 Å². The molecule has 2 aromatic rings. The highest BCUT2D eigenvalue weighted by Gasteiger charge is 2.22. The van der Waals surface area contributed by atoms with Crippen LogP contribution in [0, 0.1) is 6.92 Å². The van der Waals surface area contributed by atoms with Gasteiger partial charge in [-0.3, -0.25) is 14.3 Å². The molecule has 8 heteroatoms. The van der Waals surface area contributed by atoms with Crippen LogP contribution in [0.4, 0.5) is 17.1 Å². The van der Waals surface area contributed by atoms with Gasteiger partial charge in [-0.25, -0.2) is 8.42 Å². The summed E-state index contributed by atoms with van der Waals surface area (Å²) in [7, 11) is -2.07. The third kappa shape index (κ3) is 3.95. The first-order chi connectivity index (χ1) is 12.7. The minimum absolute atomic E-state index is 0.0470. The highest BCUT2D eigenvalue weighted by atomic mass is 32.2. The average Bonchev–Trinajstić information content (AvgIpc) is 2.57. The van der Waals surface area contributed by atoms with Crippen LogP contribution in [-0.2, 0) is 26.0 Å². The van der Waals surface area contributed by atoms with Crippen molar-refractivity contribution >= 4 is 38.9 Å². The van der Waals surface area contributed by atoms with Crippen LogP contribution in [-0.4, -0.2) is 27.3 Å². The standard InChI is InChI=1S/C19H21N3O4S/c1-12-10-15(20-13(2)23)6-8-18(12)27(25,26)21-16-5-7-17-14(11-16)4-9-19(24)22(17)3/h5-8,10-11,21H,4,9H2,1-3H3,(H,20,23). The summed E-state index contributed by atoms with van der Waals surface area (Å²) in [5.74, 6) is -0.175. The lowest BCUT2D eigenvalue weighted by Crippen LogP contribution is -2.31. The number of aryl methyl sites for hydroxylation is 2. The summed E-state index contributed by atoms with van der Waals surface area (Å²) < 4.78 is 28.1. The number of amides is 2. The van der Waals surface area contributed by atoms with Crippen molar-refractivity contribution in [3.63, 3.8) is 0 Å². The van der Waals surface area contributed by atoms with Crippen LogP contribution >= 0.6 is 0 Å². The van der Waals surface area contributed by atoms with Crippen molar-refractivity contribution in [3.8, 4) is 0 Å². The molecule has 0 fully saturated rings. The Morgan fingerprint density at radius 2 is 1.78 bits per heavy atom. The molecule has 2 amide bonds. The van der Waals surface area contributed by atoms with Crippen molar-refractivity contribution in [2.24, 2.45) is 0 Å². The molecular weight excluding hydrogens is 366 g/mol. The van der Waals surface area contributed by atoms with E-state index in [-0.39, 0.29) is 16.7 Å². The second kappa shape index (κ2) is 7.03. The minimum atomic E-state index is -3.78. The van der Waals surface area contributed by atoms with E-state index in [1.807, 2.05) is 0 Å². The topological polar surface area (TPSA) is 95.6 Å².